The van der Waals surface area contributed by atoms with Crippen molar-refractivity contribution >= 4 is 17.3 Å². The van der Waals surface area contributed by atoms with E-state index in [0.717, 1.165) is 17.1 Å². The number of aromatic amines is 1. The number of nitrogens with zero attached hydrogens (tertiary/aromatic N) is 1. The maximum atomic E-state index is 5.92. The highest BCUT2D eigenvalue weighted by Gasteiger charge is 2.03. The van der Waals surface area contributed by atoms with E-state index < -0.39 is 0 Å². The van der Waals surface area contributed by atoms with Crippen molar-refractivity contribution < 1.29 is 4.74 Å². The molecule has 5 heteroatoms. The van der Waals surface area contributed by atoms with E-state index in [9.17, 15) is 0 Å². The zero-order chi connectivity index (χ0) is 11.4. The first-order valence-corrected chi connectivity index (χ1v) is 5.23. The molecule has 0 saturated carbocycles. The van der Waals surface area contributed by atoms with Gasteiger partial charge in [-0.25, -0.2) is 0 Å². The summed E-state index contributed by atoms with van der Waals surface area (Å²) in [7, 11) is 1.63. The lowest BCUT2D eigenvalue weighted by Crippen LogP contribution is -2.01. The fourth-order valence-corrected chi connectivity index (χ4v) is 1.56. The van der Waals surface area contributed by atoms with E-state index >= 15 is 0 Å². The molecule has 1 aromatic heterocycles. The summed E-state index contributed by atoms with van der Waals surface area (Å²) < 4.78 is 5.22. The van der Waals surface area contributed by atoms with Crippen LogP contribution in [0.25, 0.3) is 0 Å². The van der Waals surface area contributed by atoms with E-state index in [2.05, 4.69) is 15.5 Å². The van der Waals surface area contributed by atoms with Crippen molar-refractivity contribution in [1.82, 2.24) is 10.2 Å². The van der Waals surface area contributed by atoms with Gasteiger partial charge in [0, 0.05) is 11.2 Å². The van der Waals surface area contributed by atoms with E-state index in [-0.39, 0.29) is 0 Å². The topological polar surface area (TPSA) is 49.9 Å². The van der Waals surface area contributed by atoms with Gasteiger partial charge in [0.25, 0.3) is 0 Å². The molecule has 0 spiro atoms. The van der Waals surface area contributed by atoms with Crippen LogP contribution in [-0.4, -0.2) is 17.3 Å². The maximum absolute atomic E-state index is 5.92. The number of nitrogens with one attached hydrogen (secondary N) is 2. The Kier molecular flexibility index (Phi) is 3.31. The van der Waals surface area contributed by atoms with Crippen LogP contribution in [0, 0.1) is 0 Å². The average molecular weight is 238 g/mol. The summed E-state index contributed by atoms with van der Waals surface area (Å²) in [6, 6.07) is 7.36. The van der Waals surface area contributed by atoms with Crippen LogP contribution in [0.3, 0.4) is 0 Å². The van der Waals surface area contributed by atoms with Gasteiger partial charge in [-0.15, -0.1) is 0 Å². The Bertz CT molecular complexity index is 456. The van der Waals surface area contributed by atoms with Gasteiger partial charge in [0.2, 0.25) is 0 Å². The standard InChI is InChI=1S/C11H12ClN3O/c1-16-11-3-2-8(12)6-10(11)13-7-9-4-5-14-15-9/h2-6,13H,7H2,1H3,(H,14,15). The summed E-state index contributed by atoms with van der Waals surface area (Å²) in [5.74, 6) is 0.768. The van der Waals surface area contributed by atoms with Gasteiger partial charge in [0.05, 0.1) is 25.0 Å². The molecule has 0 saturated heterocycles. The lowest BCUT2D eigenvalue weighted by molar-refractivity contribution is 0.416. The number of halogens is 1. The normalized spacial score (nSPS) is 10.1. The van der Waals surface area contributed by atoms with Crippen molar-refractivity contribution in [3.8, 4) is 5.75 Å². The number of H-pyrrole nitrogens is 1. The monoisotopic (exact) mass is 237 g/mol. The minimum absolute atomic E-state index is 0.650. The smallest absolute Gasteiger partial charge is 0.142 e. The molecule has 1 heterocycles. The fraction of sp³-hybridized carbons (Fsp3) is 0.182. The molecule has 0 bridgehead atoms. The molecule has 0 unspecified atom stereocenters. The Morgan fingerprint density at radius 1 is 1.44 bits per heavy atom. The van der Waals surface area contributed by atoms with E-state index in [0.29, 0.717) is 11.6 Å². The van der Waals surface area contributed by atoms with Crippen LogP contribution < -0.4 is 10.1 Å². The Hall–Kier alpha value is -1.68. The summed E-state index contributed by atoms with van der Waals surface area (Å²) in [4.78, 5) is 0. The van der Waals surface area contributed by atoms with Crippen LogP contribution in [0.1, 0.15) is 5.69 Å². The number of anilines is 1. The van der Waals surface area contributed by atoms with Crippen LogP contribution in [0.15, 0.2) is 30.5 Å². The molecule has 0 atom stereocenters. The van der Waals surface area contributed by atoms with Crippen molar-refractivity contribution in [2.24, 2.45) is 0 Å². The number of methoxy groups -OCH3 is 1. The molecule has 16 heavy (non-hydrogen) atoms. The van der Waals surface area contributed by atoms with Gasteiger partial charge in [0.1, 0.15) is 5.75 Å². The minimum atomic E-state index is 0.650. The van der Waals surface area contributed by atoms with Crippen LogP contribution in [-0.2, 0) is 6.54 Å². The molecule has 0 aliphatic rings. The Morgan fingerprint density at radius 3 is 3.00 bits per heavy atom. The zero-order valence-electron chi connectivity index (χ0n) is 8.83. The summed E-state index contributed by atoms with van der Waals surface area (Å²) in [6.45, 7) is 0.650. The van der Waals surface area contributed by atoms with Crippen LogP contribution in [0.4, 0.5) is 5.69 Å². The second kappa shape index (κ2) is 4.90. The van der Waals surface area contributed by atoms with E-state index in [1.165, 1.54) is 0 Å². The van der Waals surface area contributed by atoms with Crippen LogP contribution in [0.5, 0.6) is 5.75 Å². The molecule has 2 N–H and O–H groups in total. The van der Waals surface area contributed by atoms with Crippen molar-refractivity contribution in [3.05, 3.63) is 41.2 Å². The first-order chi connectivity index (χ1) is 7.79. The number of aromatic nitrogens is 2. The van der Waals surface area contributed by atoms with E-state index in [1.807, 2.05) is 18.2 Å². The van der Waals surface area contributed by atoms with Gasteiger partial charge in [-0.05, 0) is 24.3 Å². The first-order valence-electron chi connectivity index (χ1n) is 4.85. The van der Waals surface area contributed by atoms with Gasteiger partial charge >= 0.3 is 0 Å². The zero-order valence-corrected chi connectivity index (χ0v) is 9.58. The first kappa shape index (κ1) is 10.8. The average Bonchev–Trinajstić information content (AvgIpc) is 2.79. The molecule has 84 valence electrons. The summed E-state index contributed by atoms with van der Waals surface area (Å²) in [5.41, 5.74) is 1.87. The van der Waals surface area contributed by atoms with Gasteiger partial charge in [-0.2, -0.15) is 5.10 Å². The third-order valence-electron chi connectivity index (χ3n) is 2.19. The van der Waals surface area contributed by atoms with Gasteiger partial charge in [-0.1, -0.05) is 11.6 Å². The van der Waals surface area contributed by atoms with Crippen molar-refractivity contribution in [2.45, 2.75) is 6.54 Å². The van der Waals surface area contributed by atoms with E-state index in [1.54, 1.807) is 19.4 Å². The largest absolute Gasteiger partial charge is 0.495 e. The summed E-state index contributed by atoms with van der Waals surface area (Å²) >= 11 is 5.92. The summed E-state index contributed by atoms with van der Waals surface area (Å²) in [6.07, 6.45) is 1.71. The third-order valence-corrected chi connectivity index (χ3v) is 2.42. The molecule has 0 aliphatic heterocycles. The van der Waals surface area contributed by atoms with Crippen molar-refractivity contribution in [1.29, 1.82) is 0 Å². The molecule has 0 aliphatic carbocycles. The number of hydrogen-bond donors (Lipinski definition) is 2. The molecule has 2 aromatic rings. The molecular weight excluding hydrogens is 226 g/mol. The van der Waals surface area contributed by atoms with Crippen molar-refractivity contribution in [2.75, 3.05) is 12.4 Å². The predicted octanol–water partition coefficient (Wildman–Crippen LogP) is 2.68. The molecule has 1 aromatic carbocycles. The highest BCUT2D eigenvalue weighted by atomic mass is 35.5. The molecule has 0 radical (unpaired) electrons. The Balaban J connectivity index is 2.11. The van der Waals surface area contributed by atoms with Crippen molar-refractivity contribution in [3.63, 3.8) is 0 Å². The molecule has 4 nitrogen and oxygen atoms in total. The van der Waals surface area contributed by atoms with Gasteiger partial charge in [0.15, 0.2) is 0 Å². The van der Waals surface area contributed by atoms with E-state index in [4.69, 9.17) is 16.3 Å². The fourth-order valence-electron chi connectivity index (χ4n) is 1.39. The molecular formula is C11H12ClN3O. The number of ether oxygens (including phenoxy) is 1. The maximum Gasteiger partial charge on any atom is 0.142 e. The number of hydrogen-bond acceptors (Lipinski definition) is 3. The van der Waals surface area contributed by atoms with Gasteiger partial charge < -0.3 is 10.1 Å². The third kappa shape index (κ3) is 2.46. The second-order valence-electron chi connectivity index (χ2n) is 3.28. The quantitative estimate of drug-likeness (QED) is 0.860. The predicted molar refractivity (Wildman–Crippen MR) is 63.9 cm³/mol. The summed E-state index contributed by atoms with van der Waals surface area (Å²) in [5, 5.41) is 10.6. The minimum Gasteiger partial charge on any atom is -0.495 e. The highest BCUT2D eigenvalue weighted by molar-refractivity contribution is 6.30. The number of benzene rings is 1. The number of rotatable bonds is 4. The lowest BCUT2D eigenvalue weighted by Gasteiger charge is -2.10. The Morgan fingerprint density at radius 2 is 2.31 bits per heavy atom. The van der Waals surface area contributed by atoms with Crippen LogP contribution >= 0.6 is 11.6 Å². The van der Waals surface area contributed by atoms with Gasteiger partial charge in [-0.3, -0.25) is 5.10 Å². The molecule has 0 fully saturated rings. The molecule has 2 rings (SSSR count). The highest BCUT2D eigenvalue weighted by Crippen LogP contribution is 2.27. The molecule has 0 amide bonds. The second-order valence-corrected chi connectivity index (χ2v) is 3.72. The lowest BCUT2D eigenvalue weighted by atomic mass is 10.3. The van der Waals surface area contributed by atoms with Crippen LogP contribution in [0.2, 0.25) is 5.02 Å². The Labute approximate surface area is 98.6 Å². The SMILES string of the molecule is COc1ccc(Cl)cc1NCc1ccn[nH]1.